The normalized spacial score (nSPS) is 19.9. The van der Waals surface area contributed by atoms with Gasteiger partial charge < -0.3 is 15.9 Å². The summed E-state index contributed by atoms with van der Waals surface area (Å²) in [6.45, 7) is 2.20. The van der Waals surface area contributed by atoms with Crippen molar-refractivity contribution in [1.82, 2.24) is 20.2 Å². The molecule has 0 saturated heterocycles. The second-order valence-electron chi connectivity index (χ2n) is 6.63. The Morgan fingerprint density at radius 3 is 2.73 bits per heavy atom. The van der Waals surface area contributed by atoms with Crippen molar-refractivity contribution in [2.45, 2.75) is 43.8 Å². The topological polar surface area (TPSA) is 95.1 Å². The van der Waals surface area contributed by atoms with Gasteiger partial charge in [-0.05, 0) is 43.0 Å². The average Bonchev–Trinajstić information content (AvgIpc) is 3.02. The van der Waals surface area contributed by atoms with Crippen LogP contribution in [-0.4, -0.2) is 39.7 Å². The van der Waals surface area contributed by atoms with Gasteiger partial charge in [-0.3, -0.25) is 4.79 Å². The van der Waals surface area contributed by atoms with E-state index in [0.717, 1.165) is 17.7 Å². The highest BCUT2D eigenvalue weighted by Crippen LogP contribution is 2.25. The fourth-order valence-electron chi connectivity index (χ4n) is 3.22. The number of nitrogen functional groups attached to an aromatic ring is 1. The van der Waals surface area contributed by atoms with E-state index < -0.39 is 0 Å². The van der Waals surface area contributed by atoms with Gasteiger partial charge in [0.05, 0.1) is 12.9 Å². The number of thioether (sulfide) groups is 1. The molecule has 3 rings (SSSR count). The van der Waals surface area contributed by atoms with Crippen LogP contribution < -0.4 is 15.9 Å². The van der Waals surface area contributed by atoms with Gasteiger partial charge >= 0.3 is 0 Å². The highest BCUT2D eigenvalue weighted by molar-refractivity contribution is 7.99. The van der Waals surface area contributed by atoms with Crippen LogP contribution in [-0.2, 0) is 4.79 Å². The first-order chi connectivity index (χ1) is 12.6. The smallest absolute Gasteiger partial charge is 0.230 e. The summed E-state index contributed by atoms with van der Waals surface area (Å²) >= 11 is 1.30. The minimum atomic E-state index is 0.0164. The number of nitrogens with zero attached hydrogens (tertiary/aromatic N) is 3. The van der Waals surface area contributed by atoms with Gasteiger partial charge in [-0.15, -0.1) is 10.2 Å². The number of hydrogen-bond acceptors (Lipinski definition) is 6. The number of ether oxygens (including phenoxy) is 1. The molecule has 0 aliphatic heterocycles. The maximum atomic E-state index is 12.2. The Kier molecular flexibility index (Phi) is 6.03. The Balaban J connectivity index is 1.58. The molecule has 0 bridgehead atoms. The number of carbonyl (C=O) groups excluding carboxylic acids is 1. The molecule has 1 aromatic heterocycles. The summed E-state index contributed by atoms with van der Waals surface area (Å²) in [5.41, 5.74) is 0.841. The van der Waals surface area contributed by atoms with E-state index in [2.05, 4.69) is 22.4 Å². The number of aromatic nitrogens is 3. The average molecular weight is 375 g/mol. The predicted octanol–water partition coefficient (Wildman–Crippen LogP) is 2.45. The number of benzene rings is 1. The van der Waals surface area contributed by atoms with Gasteiger partial charge in [0.25, 0.3) is 0 Å². The van der Waals surface area contributed by atoms with E-state index in [9.17, 15) is 4.79 Å². The largest absolute Gasteiger partial charge is 0.497 e. The number of nitrogens with two attached hydrogens (primary N) is 1. The molecule has 1 aliphatic carbocycles. The number of hydrogen-bond donors (Lipinski definition) is 2. The first-order valence-electron chi connectivity index (χ1n) is 8.85. The summed E-state index contributed by atoms with van der Waals surface area (Å²) in [7, 11) is 1.62. The number of carbonyl (C=O) groups is 1. The number of nitrogens with one attached hydrogen (secondary N) is 1. The van der Waals surface area contributed by atoms with E-state index in [4.69, 9.17) is 10.6 Å². The van der Waals surface area contributed by atoms with Gasteiger partial charge in [0.2, 0.25) is 11.1 Å². The molecule has 0 spiro atoms. The van der Waals surface area contributed by atoms with Crippen LogP contribution in [0.2, 0.25) is 0 Å². The zero-order chi connectivity index (χ0) is 18.5. The first kappa shape index (κ1) is 18.6. The molecule has 2 atom stereocenters. The van der Waals surface area contributed by atoms with Crippen molar-refractivity contribution < 1.29 is 9.53 Å². The van der Waals surface area contributed by atoms with Crippen molar-refractivity contribution in [3.8, 4) is 17.1 Å². The summed E-state index contributed by atoms with van der Waals surface area (Å²) < 4.78 is 6.57. The summed E-state index contributed by atoms with van der Waals surface area (Å²) in [5.74, 6) is 8.26. The van der Waals surface area contributed by atoms with E-state index in [0.29, 0.717) is 16.9 Å². The van der Waals surface area contributed by atoms with Gasteiger partial charge in [0.15, 0.2) is 5.82 Å². The van der Waals surface area contributed by atoms with Crippen molar-refractivity contribution in [1.29, 1.82) is 0 Å². The molecule has 1 aromatic carbocycles. The summed E-state index contributed by atoms with van der Waals surface area (Å²) in [5, 5.41) is 11.9. The van der Waals surface area contributed by atoms with Crippen LogP contribution >= 0.6 is 11.8 Å². The summed E-state index contributed by atoms with van der Waals surface area (Å²) in [4.78, 5) is 12.2. The molecular formula is C18H25N5O2S. The van der Waals surface area contributed by atoms with Gasteiger partial charge in [-0.25, -0.2) is 4.68 Å². The maximum absolute atomic E-state index is 12.2. The second-order valence-corrected chi connectivity index (χ2v) is 7.57. The van der Waals surface area contributed by atoms with Crippen molar-refractivity contribution in [3.63, 3.8) is 0 Å². The first-order valence-corrected chi connectivity index (χ1v) is 9.84. The highest BCUT2D eigenvalue weighted by Gasteiger charge is 2.23. The minimum absolute atomic E-state index is 0.0164. The van der Waals surface area contributed by atoms with Crippen molar-refractivity contribution in [3.05, 3.63) is 24.3 Å². The molecule has 0 radical (unpaired) electrons. The predicted molar refractivity (Wildman–Crippen MR) is 102 cm³/mol. The molecular weight excluding hydrogens is 350 g/mol. The van der Waals surface area contributed by atoms with Crippen LogP contribution in [0, 0.1) is 5.92 Å². The van der Waals surface area contributed by atoms with Crippen LogP contribution in [0.1, 0.15) is 32.6 Å². The highest BCUT2D eigenvalue weighted by atomic mass is 32.2. The van der Waals surface area contributed by atoms with Crippen LogP contribution in [0.5, 0.6) is 5.75 Å². The Morgan fingerprint density at radius 2 is 2.04 bits per heavy atom. The van der Waals surface area contributed by atoms with E-state index in [1.807, 2.05) is 24.3 Å². The monoisotopic (exact) mass is 375 g/mol. The number of amides is 1. The zero-order valence-corrected chi connectivity index (χ0v) is 16.0. The van der Waals surface area contributed by atoms with Crippen molar-refractivity contribution >= 4 is 17.7 Å². The SMILES string of the molecule is COc1ccc(-c2nnc(SCC(=O)N[C@@H]3CCCC[C@@H]3C)n2N)cc1. The Labute approximate surface area is 157 Å². The maximum Gasteiger partial charge on any atom is 0.230 e. The lowest BCUT2D eigenvalue weighted by Crippen LogP contribution is -2.41. The molecule has 140 valence electrons. The van der Waals surface area contributed by atoms with Gasteiger partial charge in [0.1, 0.15) is 5.75 Å². The van der Waals surface area contributed by atoms with Crippen LogP contribution in [0.3, 0.4) is 0 Å². The van der Waals surface area contributed by atoms with Crippen molar-refractivity contribution in [2.75, 3.05) is 18.7 Å². The molecule has 0 unspecified atom stereocenters. The lowest BCUT2D eigenvalue weighted by molar-refractivity contribution is -0.119. The van der Waals surface area contributed by atoms with E-state index >= 15 is 0 Å². The molecule has 26 heavy (non-hydrogen) atoms. The van der Waals surface area contributed by atoms with Crippen LogP contribution in [0.25, 0.3) is 11.4 Å². The zero-order valence-electron chi connectivity index (χ0n) is 15.1. The fourth-order valence-corrected chi connectivity index (χ4v) is 3.89. The van der Waals surface area contributed by atoms with E-state index in [1.165, 1.54) is 35.7 Å². The Bertz CT molecular complexity index is 747. The van der Waals surface area contributed by atoms with Crippen LogP contribution in [0.15, 0.2) is 29.4 Å². The molecule has 8 heteroatoms. The molecule has 7 nitrogen and oxygen atoms in total. The molecule has 2 aromatic rings. The lowest BCUT2D eigenvalue weighted by atomic mass is 9.86. The molecule has 1 heterocycles. The van der Waals surface area contributed by atoms with Crippen molar-refractivity contribution in [2.24, 2.45) is 5.92 Å². The molecule has 1 fully saturated rings. The lowest BCUT2D eigenvalue weighted by Gasteiger charge is -2.29. The summed E-state index contributed by atoms with van der Waals surface area (Å²) in [6.07, 6.45) is 4.68. The Hall–Kier alpha value is -2.22. The molecule has 1 aliphatic rings. The summed E-state index contributed by atoms with van der Waals surface area (Å²) in [6, 6.07) is 7.71. The molecule has 1 saturated carbocycles. The van der Waals surface area contributed by atoms with Crippen LogP contribution in [0.4, 0.5) is 0 Å². The van der Waals surface area contributed by atoms with E-state index in [-0.39, 0.29) is 17.7 Å². The third-order valence-corrected chi connectivity index (χ3v) is 5.75. The molecule has 3 N–H and O–H groups in total. The third-order valence-electron chi connectivity index (χ3n) is 4.80. The van der Waals surface area contributed by atoms with Gasteiger partial charge in [-0.2, -0.15) is 0 Å². The second kappa shape index (κ2) is 8.44. The fraction of sp³-hybridized carbons (Fsp3) is 0.500. The molecule has 1 amide bonds. The number of methoxy groups -OCH3 is 1. The third kappa shape index (κ3) is 4.30. The van der Waals surface area contributed by atoms with Gasteiger partial charge in [0, 0.05) is 11.6 Å². The minimum Gasteiger partial charge on any atom is -0.497 e. The number of rotatable bonds is 6. The Morgan fingerprint density at radius 1 is 1.31 bits per heavy atom. The quantitative estimate of drug-likeness (QED) is 0.595. The van der Waals surface area contributed by atoms with Gasteiger partial charge in [-0.1, -0.05) is 31.5 Å². The van der Waals surface area contributed by atoms with E-state index in [1.54, 1.807) is 7.11 Å². The standard InChI is InChI=1S/C18H25N5O2S/c1-12-5-3-4-6-15(12)20-16(24)11-26-18-22-21-17(23(18)19)13-7-9-14(25-2)10-8-13/h7-10,12,15H,3-6,11,19H2,1-2H3,(H,20,24)/t12-,15+/m0/s1.